The van der Waals surface area contributed by atoms with Crippen molar-refractivity contribution in [1.29, 1.82) is 0 Å². The maximum absolute atomic E-state index is 5.98. The Morgan fingerprint density at radius 2 is 2.30 bits per heavy atom. The minimum atomic E-state index is 0.216. The molecule has 114 valence electrons. The number of hydrogen-bond acceptors (Lipinski definition) is 4. The summed E-state index contributed by atoms with van der Waals surface area (Å²) < 4.78 is 7.81. The maximum atomic E-state index is 5.98. The van der Waals surface area contributed by atoms with Crippen molar-refractivity contribution in [3.63, 3.8) is 0 Å². The first-order chi connectivity index (χ1) is 9.61. The summed E-state index contributed by atoms with van der Waals surface area (Å²) in [5.41, 5.74) is 7.17. The van der Waals surface area contributed by atoms with Crippen LogP contribution in [0.15, 0.2) is 12.4 Å². The second-order valence-corrected chi connectivity index (χ2v) is 6.03. The van der Waals surface area contributed by atoms with Crippen molar-refractivity contribution in [3.8, 4) is 0 Å². The number of rotatable bonds is 6. The van der Waals surface area contributed by atoms with Gasteiger partial charge in [0.2, 0.25) is 0 Å². The first-order valence-corrected chi connectivity index (χ1v) is 7.67. The highest BCUT2D eigenvalue weighted by Crippen LogP contribution is 2.21. The van der Waals surface area contributed by atoms with Crippen molar-refractivity contribution in [3.05, 3.63) is 18.0 Å². The van der Waals surface area contributed by atoms with Crippen LogP contribution in [0.2, 0.25) is 0 Å². The molecule has 2 N–H and O–H groups in total. The Kier molecular flexibility index (Phi) is 5.57. The van der Waals surface area contributed by atoms with E-state index in [1.807, 2.05) is 10.9 Å². The molecule has 1 saturated heterocycles. The SMILES string of the molecule is CC(C)n1cc(C(CN)N(C)CC2CCCCO2)cn1. The summed E-state index contributed by atoms with van der Waals surface area (Å²) in [4.78, 5) is 2.30. The predicted molar refractivity (Wildman–Crippen MR) is 80.6 cm³/mol. The van der Waals surface area contributed by atoms with E-state index in [1.165, 1.54) is 18.4 Å². The van der Waals surface area contributed by atoms with Crippen molar-refractivity contribution in [2.45, 2.75) is 51.3 Å². The van der Waals surface area contributed by atoms with Crippen molar-refractivity contribution < 1.29 is 4.74 Å². The van der Waals surface area contributed by atoms with Crippen LogP contribution in [0, 0.1) is 0 Å². The summed E-state index contributed by atoms with van der Waals surface area (Å²) >= 11 is 0. The van der Waals surface area contributed by atoms with E-state index in [-0.39, 0.29) is 6.04 Å². The van der Waals surface area contributed by atoms with E-state index >= 15 is 0 Å². The quantitative estimate of drug-likeness (QED) is 0.865. The van der Waals surface area contributed by atoms with Gasteiger partial charge in [0, 0.05) is 43.5 Å². The predicted octanol–water partition coefficient (Wildman–Crippen LogP) is 1.96. The van der Waals surface area contributed by atoms with E-state index in [9.17, 15) is 0 Å². The molecule has 2 atom stereocenters. The molecule has 0 aromatic carbocycles. The number of ether oxygens (including phenoxy) is 1. The zero-order valence-corrected chi connectivity index (χ0v) is 13.0. The Balaban J connectivity index is 1.98. The van der Waals surface area contributed by atoms with E-state index in [0.29, 0.717) is 18.7 Å². The molecule has 0 spiro atoms. The lowest BCUT2D eigenvalue weighted by molar-refractivity contribution is -0.00778. The minimum absolute atomic E-state index is 0.216. The lowest BCUT2D eigenvalue weighted by Gasteiger charge is -2.31. The lowest BCUT2D eigenvalue weighted by atomic mass is 10.1. The third-order valence-electron chi connectivity index (χ3n) is 4.06. The van der Waals surface area contributed by atoms with Gasteiger partial charge in [0.1, 0.15) is 0 Å². The molecule has 2 heterocycles. The lowest BCUT2D eigenvalue weighted by Crippen LogP contribution is -2.38. The topological polar surface area (TPSA) is 56.3 Å². The van der Waals surface area contributed by atoms with Crippen LogP contribution in [0.25, 0.3) is 0 Å². The second kappa shape index (κ2) is 7.20. The summed E-state index contributed by atoms with van der Waals surface area (Å²) in [6.45, 7) is 6.71. The molecule has 5 nitrogen and oxygen atoms in total. The molecule has 1 aliphatic rings. The number of aromatic nitrogens is 2. The van der Waals surface area contributed by atoms with Crippen LogP contribution in [0.3, 0.4) is 0 Å². The van der Waals surface area contributed by atoms with Gasteiger partial charge in [-0.2, -0.15) is 5.10 Å². The molecule has 20 heavy (non-hydrogen) atoms. The third-order valence-corrected chi connectivity index (χ3v) is 4.06. The summed E-state index contributed by atoms with van der Waals surface area (Å²) in [7, 11) is 2.13. The number of likely N-dealkylation sites (N-methyl/N-ethyl adjacent to an activating group) is 1. The molecule has 1 aliphatic heterocycles. The average molecular weight is 280 g/mol. The zero-order valence-electron chi connectivity index (χ0n) is 13.0. The smallest absolute Gasteiger partial charge is 0.0702 e. The fraction of sp³-hybridized carbons (Fsp3) is 0.800. The summed E-state index contributed by atoms with van der Waals surface area (Å²) in [6, 6.07) is 0.599. The molecule has 0 radical (unpaired) electrons. The average Bonchev–Trinajstić information content (AvgIpc) is 2.90. The van der Waals surface area contributed by atoms with Gasteiger partial charge in [-0.05, 0) is 40.2 Å². The standard InChI is InChI=1S/C15H28N4O/c1-12(2)19-10-13(9-17-19)15(8-16)18(3)11-14-6-4-5-7-20-14/h9-10,12,14-15H,4-8,11,16H2,1-3H3. The van der Waals surface area contributed by atoms with Gasteiger partial charge in [-0.25, -0.2) is 0 Å². The molecule has 0 saturated carbocycles. The number of hydrogen-bond donors (Lipinski definition) is 1. The Morgan fingerprint density at radius 3 is 2.85 bits per heavy atom. The summed E-state index contributed by atoms with van der Waals surface area (Å²) in [6.07, 6.45) is 8.03. The van der Waals surface area contributed by atoms with E-state index < -0.39 is 0 Å². The highest BCUT2D eigenvalue weighted by Gasteiger charge is 2.22. The molecular formula is C15H28N4O. The third kappa shape index (κ3) is 3.81. The summed E-state index contributed by atoms with van der Waals surface area (Å²) in [5, 5.41) is 4.42. The molecule has 5 heteroatoms. The molecular weight excluding hydrogens is 252 g/mol. The number of nitrogens with two attached hydrogens (primary N) is 1. The van der Waals surface area contributed by atoms with Gasteiger partial charge in [0.05, 0.1) is 12.3 Å². The van der Waals surface area contributed by atoms with Crippen LogP contribution < -0.4 is 5.73 Å². The van der Waals surface area contributed by atoms with E-state index in [1.54, 1.807) is 0 Å². The fourth-order valence-corrected chi connectivity index (χ4v) is 2.78. The van der Waals surface area contributed by atoms with Gasteiger partial charge >= 0.3 is 0 Å². The van der Waals surface area contributed by atoms with Gasteiger partial charge in [0.15, 0.2) is 0 Å². The Hall–Kier alpha value is -0.910. The normalized spacial score (nSPS) is 21.6. The van der Waals surface area contributed by atoms with Crippen LogP contribution in [0.5, 0.6) is 0 Å². The van der Waals surface area contributed by atoms with E-state index in [2.05, 4.69) is 37.1 Å². The van der Waals surface area contributed by atoms with Crippen molar-refractivity contribution in [2.75, 3.05) is 26.7 Å². The Morgan fingerprint density at radius 1 is 1.50 bits per heavy atom. The van der Waals surface area contributed by atoms with Crippen LogP contribution >= 0.6 is 0 Å². The molecule has 2 unspecified atom stereocenters. The zero-order chi connectivity index (χ0) is 14.5. The molecule has 1 aromatic heterocycles. The Labute approximate surface area is 122 Å². The van der Waals surface area contributed by atoms with Crippen molar-refractivity contribution in [2.24, 2.45) is 5.73 Å². The maximum Gasteiger partial charge on any atom is 0.0702 e. The highest BCUT2D eigenvalue weighted by molar-refractivity contribution is 5.11. The fourth-order valence-electron chi connectivity index (χ4n) is 2.78. The van der Waals surface area contributed by atoms with Crippen molar-refractivity contribution >= 4 is 0 Å². The second-order valence-electron chi connectivity index (χ2n) is 6.03. The Bertz CT molecular complexity index is 398. The van der Waals surface area contributed by atoms with E-state index in [0.717, 1.165) is 19.6 Å². The van der Waals surface area contributed by atoms with Gasteiger partial charge < -0.3 is 10.5 Å². The van der Waals surface area contributed by atoms with Crippen LogP contribution in [0.4, 0.5) is 0 Å². The minimum Gasteiger partial charge on any atom is -0.377 e. The van der Waals surface area contributed by atoms with Crippen LogP contribution in [-0.2, 0) is 4.74 Å². The molecule has 0 amide bonds. The first-order valence-electron chi connectivity index (χ1n) is 7.67. The monoisotopic (exact) mass is 280 g/mol. The molecule has 2 rings (SSSR count). The number of nitrogens with zero attached hydrogens (tertiary/aromatic N) is 3. The van der Waals surface area contributed by atoms with Gasteiger partial charge in [-0.3, -0.25) is 9.58 Å². The van der Waals surface area contributed by atoms with Gasteiger partial charge in [0.25, 0.3) is 0 Å². The van der Waals surface area contributed by atoms with Crippen molar-refractivity contribution in [1.82, 2.24) is 14.7 Å². The first kappa shape index (κ1) is 15.5. The summed E-state index contributed by atoms with van der Waals surface area (Å²) in [5.74, 6) is 0. The molecule has 1 fully saturated rings. The molecule has 0 aliphatic carbocycles. The molecule has 0 bridgehead atoms. The van der Waals surface area contributed by atoms with Crippen LogP contribution in [0.1, 0.15) is 50.8 Å². The highest BCUT2D eigenvalue weighted by atomic mass is 16.5. The van der Waals surface area contributed by atoms with Gasteiger partial charge in [-0.15, -0.1) is 0 Å². The molecule has 1 aromatic rings. The van der Waals surface area contributed by atoms with Crippen LogP contribution in [-0.4, -0.2) is 47.5 Å². The largest absolute Gasteiger partial charge is 0.377 e. The van der Waals surface area contributed by atoms with Gasteiger partial charge in [-0.1, -0.05) is 0 Å². The van der Waals surface area contributed by atoms with E-state index in [4.69, 9.17) is 10.5 Å².